The van der Waals surface area contributed by atoms with E-state index in [2.05, 4.69) is 0 Å². The van der Waals surface area contributed by atoms with Gasteiger partial charge >= 0.3 is 5.69 Å². The lowest BCUT2D eigenvalue weighted by molar-refractivity contribution is 0.381. The lowest BCUT2D eigenvalue weighted by Crippen LogP contribution is -2.40. The van der Waals surface area contributed by atoms with Gasteiger partial charge in [-0.15, -0.1) is 0 Å². The minimum absolute atomic E-state index is 0.280. The molecule has 2 aromatic carbocycles. The Balaban J connectivity index is 2.33. The van der Waals surface area contributed by atoms with E-state index in [0.29, 0.717) is 23.1 Å². The molecule has 1 aromatic heterocycles. The second-order valence-corrected chi connectivity index (χ2v) is 5.73. The standard InChI is InChI=1S/C18H19N3O2/c1-19(2)12-13-20-16-11-7-6-10-15(16)17(22)21(18(20)23)14-8-4-3-5-9-14/h3-11H,12-13H2,1-2H3. The van der Waals surface area contributed by atoms with Gasteiger partial charge in [0.05, 0.1) is 16.6 Å². The number of para-hydroxylation sites is 2. The zero-order valence-electron chi connectivity index (χ0n) is 13.3. The van der Waals surface area contributed by atoms with E-state index in [1.165, 1.54) is 4.57 Å². The summed E-state index contributed by atoms with van der Waals surface area (Å²) >= 11 is 0. The first kappa shape index (κ1) is 15.2. The zero-order valence-corrected chi connectivity index (χ0v) is 13.3. The Kier molecular flexibility index (Phi) is 4.12. The van der Waals surface area contributed by atoms with E-state index in [-0.39, 0.29) is 11.2 Å². The van der Waals surface area contributed by atoms with Crippen molar-refractivity contribution in [1.82, 2.24) is 14.0 Å². The molecule has 0 amide bonds. The fraction of sp³-hybridized carbons (Fsp3) is 0.222. The van der Waals surface area contributed by atoms with Crippen LogP contribution in [-0.4, -0.2) is 34.7 Å². The molecule has 0 saturated carbocycles. The molecule has 0 aliphatic heterocycles. The van der Waals surface area contributed by atoms with E-state index >= 15 is 0 Å². The quantitative estimate of drug-likeness (QED) is 0.737. The Bertz CT molecular complexity index is 940. The van der Waals surface area contributed by atoms with E-state index in [4.69, 9.17) is 0 Å². The largest absolute Gasteiger partial charge is 0.336 e. The van der Waals surface area contributed by atoms with Crippen LogP contribution in [0, 0.1) is 0 Å². The Labute approximate surface area is 134 Å². The summed E-state index contributed by atoms with van der Waals surface area (Å²) in [5.41, 5.74) is 0.683. The molecule has 5 heteroatoms. The number of aromatic nitrogens is 2. The van der Waals surface area contributed by atoms with Crippen LogP contribution >= 0.6 is 0 Å². The van der Waals surface area contributed by atoms with Crippen LogP contribution < -0.4 is 11.2 Å². The highest BCUT2D eigenvalue weighted by Gasteiger charge is 2.13. The van der Waals surface area contributed by atoms with Crippen LogP contribution in [0.2, 0.25) is 0 Å². The van der Waals surface area contributed by atoms with Crippen molar-refractivity contribution in [1.29, 1.82) is 0 Å². The van der Waals surface area contributed by atoms with Gasteiger partial charge in [0.15, 0.2) is 0 Å². The second-order valence-electron chi connectivity index (χ2n) is 5.73. The van der Waals surface area contributed by atoms with E-state index in [9.17, 15) is 9.59 Å². The topological polar surface area (TPSA) is 47.2 Å². The van der Waals surface area contributed by atoms with Crippen LogP contribution in [0.5, 0.6) is 0 Å². The first-order valence-corrected chi connectivity index (χ1v) is 7.54. The molecular weight excluding hydrogens is 290 g/mol. The number of hydrogen-bond acceptors (Lipinski definition) is 3. The molecule has 0 unspecified atom stereocenters. The van der Waals surface area contributed by atoms with Crippen molar-refractivity contribution in [2.45, 2.75) is 6.54 Å². The Hall–Kier alpha value is -2.66. The molecule has 3 aromatic rings. The van der Waals surface area contributed by atoms with Gasteiger partial charge in [-0.3, -0.25) is 9.36 Å². The highest BCUT2D eigenvalue weighted by molar-refractivity contribution is 5.78. The zero-order chi connectivity index (χ0) is 16.4. The van der Waals surface area contributed by atoms with E-state index < -0.39 is 0 Å². The van der Waals surface area contributed by atoms with Gasteiger partial charge in [0.1, 0.15) is 0 Å². The fourth-order valence-electron chi connectivity index (χ4n) is 2.64. The van der Waals surface area contributed by atoms with Gasteiger partial charge < -0.3 is 4.90 Å². The second kappa shape index (κ2) is 6.22. The Morgan fingerprint density at radius 2 is 1.57 bits per heavy atom. The molecule has 0 aliphatic carbocycles. The molecule has 0 spiro atoms. The van der Waals surface area contributed by atoms with Gasteiger partial charge in [-0.1, -0.05) is 30.3 Å². The normalized spacial score (nSPS) is 11.3. The number of fused-ring (bicyclic) bond motifs is 1. The van der Waals surface area contributed by atoms with Crippen molar-refractivity contribution in [2.24, 2.45) is 0 Å². The van der Waals surface area contributed by atoms with E-state index in [0.717, 1.165) is 6.54 Å². The summed E-state index contributed by atoms with van der Waals surface area (Å²) in [4.78, 5) is 27.7. The third-order valence-electron chi connectivity index (χ3n) is 3.84. The molecule has 3 rings (SSSR count). The summed E-state index contributed by atoms with van der Waals surface area (Å²) in [7, 11) is 3.92. The number of likely N-dealkylation sites (N-methyl/N-ethyl adjacent to an activating group) is 1. The maximum absolute atomic E-state index is 12.9. The molecule has 0 atom stereocenters. The van der Waals surface area contributed by atoms with Crippen molar-refractivity contribution >= 4 is 10.9 Å². The van der Waals surface area contributed by atoms with Crippen LogP contribution in [-0.2, 0) is 6.54 Å². The third-order valence-corrected chi connectivity index (χ3v) is 3.84. The van der Waals surface area contributed by atoms with E-state index in [1.54, 1.807) is 22.8 Å². The molecule has 0 bridgehead atoms. The molecule has 5 nitrogen and oxygen atoms in total. The molecule has 0 N–H and O–H groups in total. The molecular formula is C18H19N3O2. The van der Waals surface area contributed by atoms with Gasteiger partial charge in [-0.2, -0.15) is 0 Å². The highest BCUT2D eigenvalue weighted by atomic mass is 16.2. The van der Waals surface area contributed by atoms with Crippen LogP contribution in [0.15, 0.2) is 64.2 Å². The minimum atomic E-state index is -0.304. The summed E-state index contributed by atoms with van der Waals surface area (Å²) in [6.07, 6.45) is 0. The monoisotopic (exact) mass is 309 g/mol. The molecule has 0 radical (unpaired) electrons. The van der Waals surface area contributed by atoms with Gasteiger partial charge in [-0.05, 0) is 38.4 Å². The van der Waals surface area contributed by atoms with Crippen LogP contribution in [0.25, 0.3) is 16.6 Å². The van der Waals surface area contributed by atoms with Crippen molar-refractivity contribution in [3.63, 3.8) is 0 Å². The number of nitrogens with zero attached hydrogens (tertiary/aromatic N) is 3. The molecule has 0 aliphatic rings. The number of hydrogen-bond donors (Lipinski definition) is 0. The van der Waals surface area contributed by atoms with Crippen LogP contribution in [0.1, 0.15) is 0 Å². The number of rotatable bonds is 4. The summed E-state index contributed by atoms with van der Waals surface area (Å²) in [6, 6.07) is 16.3. The van der Waals surface area contributed by atoms with Crippen LogP contribution in [0.3, 0.4) is 0 Å². The van der Waals surface area contributed by atoms with Gasteiger partial charge in [-0.25, -0.2) is 9.36 Å². The molecule has 1 heterocycles. The van der Waals surface area contributed by atoms with Crippen molar-refractivity contribution < 1.29 is 0 Å². The van der Waals surface area contributed by atoms with Gasteiger partial charge in [0.25, 0.3) is 5.56 Å². The predicted molar refractivity (Wildman–Crippen MR) is 92.4 cm³/mol. The summed E-state index contributed by atoms with van der Waals surface area (Å²) in [5.74, 6) is 0. The Morgan fingerprint density at radius 3 is 2.26 bits per heavy atom. The van der Waals surface area contributed by atoms with Gasteiger partial charge in [0.2, 0.25) is 0 Å². The average molecular weight is 309 g/mol. The van der Waals surface area contributed by atoms with Crippen molar-refractivity contribution in [2.75, 3.05) is 20.6 Å². The maximum Gasteiger partial charge on any atom is 0.336 e. The predicted octanol–water partition coefficient (Wildman–Crippen LogP) is 1.71. The smallest absolute Gasteiger partial charge is 0.308 e. The molecule has 0 fully saturated rings. The van der Waals surface area contributed by atoms with Crippen molar-refractivity contribution in [3.8, 4) is 5.69 Å². The maximum atomic E-state index is 12.9. The average Bonchev–Trinajstić information content (AvgIpc) is 2.55. The molecule has 0 saturated heterocycles. The first-order valence-electron chi connectivity index (χ1n) is 7.54. The van der Waals surface area contributed by atoms with Crippen molar-refractivity contribution in [3.05, 3.63) is 75.4 Å². The van der Waals surface area contributed by atoms with Crippen LogP contribution in [0.4, 0.5) is 0 Å². The third kappa shape index (κ3) is 2.83. The number of benzene rings is 2. The van der Waals surface area contributed by atoms with Gasteiger partial charge in [0, 0.05) is 13.1 Å². The fourth-order valence-corrected chi connectivity index (χ4v) is 2.64. The summed E-state index contributed by atoms with van der Waals surface area (Å²) in [5, 5.41) is 0.551. The Morgan fingerprint density at radius 1 is 0.913 bits per heavy atom. The van der Waals surface area contributed by atoms with E-state index in [1.807, 2.05) is 55.4 Å². The first-order chi connectivity index (χ1) is 11.1. The minimum Gasteiger partial charge on any atom is -0.308 e. The highest BCUT2D eigenvalue weighted by Crippen LogP contribution is 2.10. The lowest BCUT2D eigenvalue weighted by atomic mass is 10.2. The molecule has 118 valence electrons. The summed E-state index contributed by atoms with van der Waals surface area (Å²) in [6.45, 7) is 1.25. The summed E-state index contributed by atoms with van der Waals surface area (Å²) < 4.78 is 2.92. The molecule has 23 heavy (non-hydrogen) atoms. The SMILES string of the molecule is CN(C)CCn1c(=O)n(-c2ccccc2)c(=O)c2ccccc21. The lowest BCUT2D eigenvalue weighted by Gasteiger charge is -2.16.